The lowest BCUT2D eigenvalue weighted by molar-refractivity contribution is 0.381. The van der Waals surface area contributed by atoms with Crippen LogP contribution in [0.15, 0.2) is 23.1 Å². The summed E-state index contributed by atoms with van der Waals surface area (Å²) >= 11 is 5.78. The fourth-order valence-corrected chi connectivity index (χ4v) is 3.59. The second-order valence-electron chi connectivity index (χ2n) is 4.53. The third-order valence-electron chi connectivity index (χ3n) is 2.51. The molecule has 0 atom stereocenters. The van der Waals surface area contributed by atoms with Crippen LogP contribution in [0.25, 0.3) is 0 Å². The van der Waals surface area contributed by atoms with Gasteiger partial charge in [-0.25, -0.2) is 8.42 Å². The minimum Gasteiger partial charge on any atom is -0.398 e. The van der Waals surface area contributed by atoms with Gasteiger partial charge in [-0.05, 0) is 24.1 Å². The van der Waals surface area contributed by atoms with Crippen molar-refractivity contribution < 1.29 is 8.42 Å². The molecular weight excluding hydrogens is 272 g/mol. The first-order valence-corrected chi connectivity index (χ1v) is 7.66. The smallest absolute Gasteiger partial charge is 0.245 e. The van der Waals surface area contributed by atoms with Crippen LogP contribution in [0.2, 0.25) is 5.02 Å². The molecule has 0 saturated carbocycles. The zero-order chi connectivity index (χ0) is 13.9. The van der Waals surface area contributed by atoms with E-state index in [1.165, 1.54) is 22.5 Å². The molecule has 18 heavy (non-hydrogen) atoms. The molecule has 2 N–H and O–H groups in total. The normalized spacial score (nSPS) is 12.3. The van der Waals surface area contributed by atoms with E-state index in [9.17, 15) is 8.42 Å². The van der Waals surface area contributed by atoms with E-state index in [1.54, 1.807) is 0 Å². The van der Waals surface area contributed by atoms with Gasteiger partial charge in [-0.15, -0.1) is 0 Å². The largest absolute Gasteiger partial charge is 0.398 e. The number of anilines is 1. The zero-order valence-electron chi connectivity index (χ0n) is 10.9. The highest BCUT2D eigenvalue weighted by Crippen LogP contribution is 2.25. The summed E-state index contributed by atoms with van der Waals surface area (Å²) < 4.78 is 26.3. The summed E-state index contributed by atoms with van der Waals surface area (Å²) in [6.45, 7) is 6.66. The molecular formula is C12H19ClN2O2S. The summed E-state index contributed by atoms with van der Waals surface area (Å²) in [6, 6.07) is 4.45. The predicted molar refractivity (Wildman–Crippen MR) is 75.1 cm³/mol. The average molecular weight is 291 g/mol. The molecule has 0 bridgehead atoms. The van der Waals surface area contributed by atoms with E-state index in [2.05, 4.69) is 0 Å². The Bertz CT molecular complexity index is 515. The number of hydrogen-bond acceptors (Lipinski definition) is 3. The van der Waals surface area contributed by atoms with Gasteiger partial charge in [0.2, 0.25) is 10.0 Å². The summed E-state index contributed by atoms with van der Waals surface area (Å²) in [7, 11) is -3.54. The highest BCUT2D eigenvalue weighted by molar-refractivity contribution is 7.89. The molecule has 0 unspecified atom stereocenters. The lowest BCUT2D eigenvalue weighted by atomic mass is 10.2. The van der Waals surface area contributed by atoms with Crippen LogP contribution in [-0.2, 0) is 10.0 Å². The van der Waals surface area contributed by atoms with Crippen LogP contribution in [-0.4, -0.2) is 25.8 Å². The molecule has 0 spiro atoms. The van der Waals surface area contributed by atoms with Gasteiger partial charge in [0.25, 0.3) is 0 Å². The maximum atomic E-state index is 12.4. The second-order valence-corrected chi connectivity index (χ2v) is 6.87. The van der Waals surface area contributed by atoms with Gasteiger partial charge in [0.15, 0.2) is 0 Å². The molecule has 4 nitrogen and oxygen atoms in total. The molecule has 1 aromatic carbocycles. The first-order valence-electron chi connectivity index (χ1n) is 5.84. The van der Waals surface area contributed by atoms with Gasteiger partial charge in [-0.2, -0.15) is 4.31 Å². The quantitative estimate of drug-likeness (QED) is 0.848. The van der Waals surface area contributed by atoms with Crippen molar-refractivity contribution >= 4 is 27.3 Å². The highest BCUT2D eigenvalue weighted by Gasteiger charge is 2.25. The van der Waals surface area contributed by atoms with Crippen LogP contribution >= 0.6 is 11.6 Å². The first kappa shape index (κ1) is 15.3. The monoisotopic (exact) mass is 290 g/mol. The Kier molecular flexibility index (Phi) is 5.01. The number of nitrogens with zero attached hydrogens (tertiary/aromatic N) is 1. The van der Waals surface area contributed by atoms with Crippen molar-refractivity contribution in [1.29, 1.82) is 0 Å². The molecule has 102 valence electrons. The minimum atomic E-state index is -3.54. The van der Waals surface area contributed by atoms with E-state index < -0.39 is 10.0 Å². The van der Waals surface area contributed by atoms with Crippen molar-refractivity contribution in [3.63, 3.8) is 0 Å². The number of sulfonamides is 1. The number of rotatable bonds is 5. The zero-order valence-corrected chi connectivity index (χ0v) is 12.4. The maximum absolute atomic E-state index is 12.4. The van der Waals surface area contributed by atoms with Gasteiger partial charge in [0, 0.05) is 18.1 Å². The van der Waals surface area contributed by atoms with E-state index in [-0.39, 0.29) is 16.5 Å². The van der Waals surface area contributed by atoms with Crippen LogP contribution in [0.3, 0.4) is 0 Å². The summed E-state index contributed by atoms with van der Waals surface area (Å²) in [6.07, 6.45) is 0. The van der Waals surface area contributed by atoms with Crippen LogP contribution in [0.4, 0.5) is 5.69 Å². The van der Waals surface area contributed by atoms with Crippen LogP contribution < -0.4 is 5.73 Å². The standard InChI is InChI=1S/C12H19ClN2O2S/c1-4-15(8-9(2)3)18(16,17)12-6-5-10(13)7-11(12)14/h5-7,9H,4,8,14H2,1-3H3. The van der Waals surface area contributed by atoms with Gasteiger partial charge in [0.1, 0.15) is 4.90 Å². The molecule has 6 heteroatoms. The molecule has 1 aromatic rings. The Hall–Kier alpha value is -0.780. The summed E-state index contributed by atoms with van der Waals surface area (Å²) in [5.41, 5.74) is 5.93. The van der Waals surface area contributed by atoms with E-state index in [0.29, 0.717) is 18.1 Å². The number of benzene rings is 1. The van der Waals surface area contributed by atoms with Crippen molar-refractivity contribution in [2.75, 3.05) is 18.8 Å². The fourth-order valence-electron chi connectivity index (χ4n) is 1.70. The number of hydrogen-bond donors (Lipinski definition) is 1. The van der Waals surface area contributed by atoms with Gasteiger partial charge in [-0.3, -0.25) is 0 Å². The number of nitrogens with two attached hydrogens (primary N) is 1. The summed E-state index contributed by atoms with van der Waals surface area (Å²) in [5.74, 6) is 0.258. The molecule has 0 aliphatic heterocycles. The SMILES string of the molecule is CCN(CC(C)C)S(=O)(=O)c1ccc(Cl)cc1N. The number of nitrogen functional groups attached to an aromatic ring is 1. The molecule has 0 amide bonds. The Balaban J connectivity index is 3.19. The molecule has 0 aliphatic carbocycles. The van der Waals surface area contributed by atoms with E-state index in [4.69, 9.17) is 17.3 Å². The molecule has 0 heterocycles. The molecule has 1 rings (SSSR count). The van der Waals surface area contributed by atoms with Crippen molar-refractivity contribution in [3.05, 3.63) is 23.2 Å². The predicted octanol–water partition coefficient (Wildman–Crippen LogP) is 2.59. The Morgan fingerprint density at radius 3 is 2.44 bits per heavy atom. The van der Waals surface area contributed by atoms with Gasteiger partial charge < -0.3 is 5.73 Å². The van der Waals surface area contributed by atoms with Crippen LogP contribution in [0.1, 0.15) is 20.8 Å². The topological polar surface area (TPSA) is 63.4 Å². The molecule has 0 aliphatic rings. The van der Waals surface area contributed by atoms with Crippen molar-refractivity contribution in [1.82, 2.24) is 4.31 Å². The highest BCUT2D eigenvalue weighted by atomic mass is 35.5. The lowest BCUT2D eigenvalue weighted by Crippen LogP contribution is -2.34. The van der Waals surface area contributed by atoms with Crippen LogP contribution in [0, 0.1) is 5.92 Å². The third-order valence-corrected chi connectivity index (χ3v) is 4.76. The van der Waals surface area contributed by atoms with E-state index in [1.807, 2.05) is 20.8 Å². The van der Waals surface area contributed by atoms with Crippen molar-refractivity contribution in [3.8, 4) is 0 Å². The molecule has 0 aromatic heterocycles. The third kappa shape index (κ3) is 3.37. The Morgan fingerprint density at radius 2 is 2.00 bits per heavy atom. The Labute approximate surface area is 114 Å². The van der Waals surface area contributed by atoms with Gasteiger partial charge >= 0.3 is 0 Å². The minimum absolute atomic E-state index is 0.120. The molecule has 0 fully saturated rings. The van der Waals surface area contributed by atoms with E-state index >= 15 is 0 Å². The molecule has 0 saturated heterocycles. The van der Waals surface area contributed by atoms with Crippen molar-refractivity contribution in [2.45, 2.75) is 25.7 Å². The number of halogens is 1. The van der Waals surface area contributed by atoms with Crippen LogP contribution in [0.5, 0.6) is 0 Å². The summed E-state index contributed by atoms with van der Waals surface area (Å²) in [4.78, 5) is 0.120. The molecule has 0 radical (unpaired) electrons. The average Bonchev–Trinajstić information content (AvgIpc) is 2.24. The van der Waals surface area contributed by atoms with Gasteiger partial charge in [0.05, 0.1) is 5.69 Å². The fraction of sp³-hybridized carbons (Fsp3) is 0.500. The first-order chi connectivity index (χ1) is 8.28. The van der Waals surface area contributed by atoms with Gasteiger partial charge in [-0.1, -0.05) is 32.4 Å². The van der Waals surface area contributed by atoms with E-state index in [0.717, 1.165) is 0 Å². The lowest BCUT2D eigenvalue weighted by Gasteiger charge is -2.23. The summed E-state index contributed by atoms with van der Waals surface area (Å²) in [5, 5.41) is 0.429. The second kappa shape index (κ2) is 5.91. The van der Waals surface area contributed by atoms with Crippen molar-refractivity contribution in [2.24, 2.45) is 5.92 Å². The maximum Gasteiger partial charge on any atom is 0.245 e. The Morgan fingerprint density at radius 1 is 1.39 bits per heavy atom.